The average Bonchev–Trinajstić information content (AvgIpc) is 3.24. The molecule has 4 aromatic rings. The van der Waals surface area contributed by atoms with E-state index in [0.29, 0.717) is 45.4 Å². The molecule has 0 aromatic carbocycles. The van der Waals surface area contributed by atoms with Gasteiger partial charge >= 0.3 is 0 Å². The van der Waals surface area contributed by atoms with Crippen LogP contribution in [-0.4, -0.2) is 14.0 Å². The molecule has 0 aliphatic rings. The molecule has 29 heavy (non-hydrogen) atoms. The first kappa shape index (κ1) is 11.3. The lowest BCUT2D eigenvalue weighted by molar-refractivity contribution is -0.686. The molecule has 0 saturated carbocycles. The highest BCUT2D eigenvalue weighted by Crippen LogP contribution is 2.28. The molecule has 0 amide bonds. The van der Waals surface area contributed by atoms with Crippen LogP contribution < -0.4 is 9.13 Å². The van der Waals surface area contributed by atoms with E-state index >= 15 is 0 Å². The Kier molecular flexibility index (Phi) is 2.55. The number of hydrogen-bond acceptors (Lipinski definition) is 1. The summed E-state index contributed by atoms with van der Waals surface area (Å²) in [5, 5.41) is 0. The topological polar surface area (TPSA) is 30.0 Å². The van der Waals surface area contributed by atoms with E-state index in [1.807, 2.05) is 6.92 Å². The fourth-order valence-electron chi connectivity index (χ4n) is 4.04. The summed E-state index contributed by atoms with van der Waals surface area (Å²) in [7, 11) is 5.28. The van der Waals surface area contributed by atoms with E-state index in [4.69, 9.17) is 12.3 Å². The largest absolute Gasteiger partial charge is 0.308 e. The number of nitrogens with zero attached hydrogens (tertiary/aromatic N) is 5. The van der Waals surface area contributed by atoms with Crippen molar-refractivity contribution in [2.75, 3.05) is 0 Å². The van der Waals surface area contributed by atoms with Crippen molar-refractivity contribution in [1.82, 2.24) is 14.0 Å². The molecule has 4 aromatic heterocycles. The van der Waals surface area contributed by atoms with Gasteiger partial charge in [0.15, 0.2) is 6.20 Å². The normalized spacial score (nSPS) is 17.5. The van der Waals surface area contributed by atoms with Gasteiger partial charge in [-0.3, -0.25) is 4.40 Å². The standard InChI is InChI=1S/C24H31N5/c1-14-11-20(26(7)12-17(14)4)22-15(2)10-16(3)23(28(22)9)21-13-29-19(6)18(5)25-24(29)27(21)8/h10-13H,1-9H3/q+2/i1D3,2D3,5D3. The average molecular weight is 399 g/mol. The van der Waals surface area contributed by atoms with Crippen LogP contribution in [0.1, 0.15) is 46.0 Å². The molecule has 0 fully saturated rings. The Balaban J connectivity index is 2.09. The summed E-state index contributed by atoms with van der Waals surface area (Å²) < 4.78 is 79.1. The lowest BCUT2D eigenvalue weighted by atomic mass is 10.0. The molecule has 0 unspecified atom stereocenters. The Hall–Kier alpha value is -2.95. The third-order valence-corrected chi connectivity index (χ3v) is 5.66. The monoisotopic (exact) mass is 398 g/mol. The van der Waals surface area contributed by atoms with Gasteiger partial charge in [0.2, 0.25) is 11.5 Å². The SMILES string of the molecule is [2H]C([2H])([2H])c1cc(-c2c(C([2H])([2H])[2H])cc(C)c(-c3cn4c(C)c(C([2H])([2H])[2H])nc4n3C)[n+]2C)[n+](C)cc1C. The van der Waals surface area contributed by atoms with Crippen LogP contribution in [-0.2, 0) is 21.1 Å². The number of imidazole rings is 2. The van der Waals surface area contributed by atoms with Crippen molar-refractivity contribution < 1.29 is 21.5 Å². The maximum absolute atomic E-state index is 8.26. The number of hydrogen-bond donors (Lipinski definition) is 0. The van der Waals surface area contributed by atoms with Crippen LogP contribution in [0.2, 0.25) is 0 Å². The zero-order valence-corrected chi connectivity index (χ0v) is 17.5. The summed E-state index contributed by atoms with van der Waals surface area (Å²) in [6.45, 7) is -1.97. The molecule has 0 radical (unpaired) electrons. The minimum absolute atomic E-state index is 0.0260. The van der Waals surface area contributed by atoms with Gasteiger partial charge in [-0.25, -0.2) is 4.98 Å². The molecule has 4 heterocycles. The van der Waals surface area contributed by atoms with Crippen molar-refractivity contribution in [2.24, 2.45) is 21.1 Å². The molecular weight excluding hydrogens is 358 g/mol. The van der Waals surface area contributed by atoms with E-state index in [1.54, 1.807) is 71.6 Å². The molecule has 0 spiro atoms. The molecule has 0 aliphatic heterocycles. The highest BCUT2D eigenvalue weighted by atomic mass is 15.2. The van der Waals surface area contributed by atoms with Crippen molar-refractivity contribution in [1.29, 1.82) is 0 Å². The lowest BCUT2D eigenvalue weighted by Gasteiger charge is -2.11. The Morgan fingerprint density at radius 3 is 2.34 bits per heavy atom. The highest BCUT2D eigenvalue weighted by Gasteiger charge is 2.30. The third-order valence-electron chi connectivity index (χ3n) is 5.66. The quantitative estimate of drug-likeness (QED) is 0.475. The molecule has 0 N–H and O–H groups in total. The van der Waals surface area contributed by atoms with Crippen LogP contribution in [0.4, 0.5) is 0 Å². The third kappa shape index (κ3) is 2.79. The van der Waals surface area contributed by atoms with E-state index in [2.05, 4.69) is 4.98 Å². The molecule has 4 rings (SSSR count). The molecule has 5 nitrogen and oxygen atoms in total. The predicted molar refractivity (Wildman–Crippen MR) is 116 cm³/mol. The fourth-order valence-corrected chi connectivity index (χ4v) is 4.04. The van der Waals surface area contributed by atoms with Gasteiger partial charge in [-0.2, -0.15) is 9.13 Å². The van der Waals surface area contributed by atoms with Gasteiger partial charge in [-0.1, -0.05) is 0 Å². The Morgan fingerprint density at radius 2 is 1.69 bits per heavy atom. The predicted octanol–water partition coefficient (Wildman–Crippen LogP) is 3.51. The maximum atomic E-state index is 8.26. The zero-order valence-electron chi connectivity index (χ0n) is 26.5. The molecular formula is C24H31N5+2. The van der Waals surface area contributed by atoms with Gasteiger partial charge in [0.1, 0.15) is 19.8 Å². The molecule has 0 bridgehead atoms. The number of rotatable bonds is 2. The van der Waals surface area contributed by atoms with Gasteiger partial charge in [-0.15, -0.1) is 0 Å². The van der Waals surface area contributed by atoms with Crippen LogP contribution in [0.5, 0.6) is 0 Å². The van der Waals surface area contributed by atoms with Crippen LogP contribution in [0.25, 0.3) is 28.6 Å². The fraction of sp³-hybridized carbons (Fsp3) is 0.375. The molecule has 0 aliphatic carbocycles. The first-order valence-electron chi connectivity index (χ1n) is 13.9. The van der Waals surface area contributed by atoms with Crippen molar-refractivity contribution in [2.45, 2.75) is 41.3 Å². The Bertz CT molecular complexity index is 1580. The van der Waals surface area contributed by atoms with E-state index in [-0.39, 0.29) is 16.8 Å². The second-order valence-electron chi connectivity index (χ2n) is 7.65. The van der Waals surface area contributed by atoms with Gasteiger partial charge in [0.05, 0.1) is 5.69 Å². The van der Waals surface area contributed by atoms with Crippen molar-refractivity contribution in [3.63, 3.8) is 0 Å². The molecule has 0 atom stereocenters. The number of aryl methyl sites for hydroxylation is 8. The number of fused-ring (bicyclic) bond motifs is 1. The van der Waals surface area contributed by atoms with Gasteiger partial charge < -0.3 is 4.57 Å². The summed E-state index contributed by atoms with van der Waals surface area (Å²) in [5.74, 6) is 0.440. The van der Waals surface area contributed by atoms with Crippen LogP contribution in [0, 0.1) is 41.3 Å². The van der Waals surface area contributed by atoms with Crippen LogP contribution >= 0.6 is 0 Å². The number of aromatic nitrogens is 5. The van der Waals surface area contributed by atoms with Crippen molar-refractivity contribution >= 4 is 5.78 Å². The van der Waals surface area contributed by atoms with Crippen LogP contribution in [0.3, 0.4) is 0 Å². The highest BCUT2D eigenvalue weighted by molar-refractivity contribution is 5.64. The second-order valence-corrected chi connectivity index (χ2v) is 7.65. The summed E-state index contributed by atoms with van der Waals surface area (Å²) in [6, 6.07) is 3.15. The summed E-state index contributed by atoms with van der Waals surface area (Å²) in [5.41, 5.74) is 4.20. The van der Waals surface area contributed by atoms with E-state index in [0.717, 1.165) is 0 Å². The second kappa shape index (κ2) is 6.55. The van der Waals surface area contributed by atoms with Gasteiger partial charge in [0, 0.05) is 54.0 Å². The molecule has 0 saturated heterocycles. The van der Waals surface area contributed by atoms with Crippen LogP contribution in [0.15, 0.2) is 24.5 Å². The Morgan fingerprint density at radius 1 is 0.931 bits per heavy atom. The number of pyridine rings is 2. The minimum Gasteiger partial charge on any atom is -0.308 e. The Labute approximate surface area is 185 Å². The maximum Gasteiger partial charge on any atom is 0.280 e. The van der Waals surface area contributed by atoms with Gasteiger partial charge in [0.25, 0.3) is 11.4 Å². The summed E-state index contributed by atoms with van der Waals surface area (Å²) in [6.07, 6.45) is 3.48. The lowest BCUT2D eigenvalue weighted by Crippen LogP contribution is -2.41. The van der Waals surface area contributed by atoms with E-state index in [1.165, 1.54) is 6.07 Å². The first-order chi connectivity index (χ1) is 17.2. The summed E-state index contributed by atoms with van der Waals surface area (Å²) >= 11 is 0. The first-order valence-corrected chi connectivity index (χ1v) is 9.35. The van der Waals surface area contributed by atoms with E-state index in [9.17, 15) is 0 Å². The van der Waals surface area contributed by atoms with Crippen molar-refractivity contribution in [3.8, 4) is 22.8 Å². The van der Waals surface area contributed by atoms with Crippen molar-refractivity contribution in [3.05, 3.63) is 58.2 Å². The molecule has 5 heteroatoms. The van der Waals surface area contributed by atoms with E-state index < -0.39 is 20.6 Å². The molecule has 150 valence electrons. The minimum atomic E-state index is -2.47. The zero-order chi connectivity index (χ0) is 28.7. The van der Waals surface area contributed by atoms with Gasteiger partial charge in [-0.05, 0) is 53.0 Å². The summed E-state index contributed by atoms with van der Waals surface area (Å²) in [4.78, 5) is 4.39. The smallest absolute Gasteiger partial charge is 0.280 e.